The number of hydrogen-bond donors (Lipinski definition) is 3. The molecule has 104 valence electrons. The van der Waals surface area contributed by atoms with E-state index in [-0.39, 0.29) is 12.1 Å². The van der Waals surface area contributed by atoms with E-state index in [1.54, 1.807) is 12.0 Å². The first-order valence-electron chi connectivity index (χ1n) is 5.93. The van der Waals surface area contributed by atoms with Gasteiger partial charge in [-0.2, -0.15) is 0 Å². The van der Waals surface area contributed by atoms with Gasteiger partial charge in [-0.05, 0) is 19.8 Å². The van der Waals surface area contributed by atoms with Crippen molar-refractivity contribution in [2.75, 3.05) is 20.3 Å². The van der Waals surface area contributed by atoms with Crippen molar-refractivity contribution in [1.29, 1.82) is 0 Å². The summed E-state index contributed by atoms with van der Waals surface area (Å²) in [6.45, 7) is 1.78. The molecule has 1 aliphatic heterocycles. The van der Waals surface area contributed by atoms with Gasteiger partial charge in [0.25, 0.3) is 0 Å². The molecule has 1 saturated heterocycles. The Kier molecular flexibility index (Phi) is 5.36. The number of hydrogen-bond acceptors (Lipinski definition) is 4. The molecular formula is C11H20N2O5. The van der Waals surface area contributed by atoms with E-state index >= 15 is 0 Å². The quantitative estimate of drug-likeness (QED) is 0.641. The maximum absolute atomic E-state index is 11.9. The normalized spacial score (nSPS) is 25.6. The number of aliphatic hydroxyl groups excluding tert-OH is 1. The second-order valence-electron chi connectivity index (χ2n) is 4.45. The van der Waals surface area contributed by atoms with Crippen LogP contribution in [0.25, 0.3) is 0 Å². The highest BCUT2D eigenvalue weighted by Crippen LogP contribution is 2.19. The molecule has 0 radical (unpaired) electrons. The van der Waals surface area contributed by atoms with Crippen molar-refractivity contribution in [2.45, 2.75) is 38.0 Å². The summed E-state index contributed by atoms with van der Waals surface area (Å²) < 4.78 is 5.24. The molecule has 0 saturated carbocycles. The number of ether oxygens (including phenoxy) is 1. The van der Waals surface area contributed by atoms with Crippen LogP contribution in [0.15, 0.2) is 0 Å². The number of nitrogens with one attached hydrogen (secondary N) is 1. The van der Waals surface area contributed by atoms with Crippen LogP contribution >= 0.6 is 0 Å². The number of methoxy groups -OCH3 is 1. The van der Waals surface area contributed by atoms with Crippen LogP contribution in [-0.2, 0) is 9.53 Å². The van der Waals surface area contributed by atoms with Crippen LogP contribution < -0.4 is 5.32 Å². The minimum absolute atomic E-state index is 0.0168. The van der Waals surface area contributed by atoms with Crippen molar-refractivity contribution >= 4 is 12.0 Å². The van der Waals surface area contributed by atoms with Gasteiger partial charge in [0.05, 0.1) is 12.7 Å². The van der Waals surface area contributed by atoms with E-state index in [1.165, 1.54) is 0 Å². The van der Waals surface area contributed by atoms with Crippen molar-refractivity contribution in [3.63, 3.8) is 0 Å². The summed E-state index contributed by atoms with van der Waals surface area (Å²) >= 11 is 0. The summed E-state index contributed by atoms with van der Waals surface area (Å²) in [5, 5.41) is 19.9. The number of aliphatic hydroxyl groups is 1. The van der Waals surface area contributed by atoms with Crippen molar-refractivity contribution < 1.29 is 24.5 Å². The topological polar surface area (TPSA) is 99.1 Å². The Balaban J connectivity index is 2.54. The number of amides is 2. The Morgan fingerprint density at radius 2 is 2.22 bits per heavy atom. The summed E-state index contributed by atoms with van der Waals surface area (Å²) in [6, 6.07) is -1.74. The summed E-state index contributed by atoms with van der Waals surface area (Å²) in [5.41, 5.74) is 0. The van der Waals surface area contributed by atoms with Gasteiger partial charge in [0.2, 0.25) is 0 Å². The van der Waals surface area contributed by atoms with Crippen LogP contribution in [0.3, 0.4) is 0 Å². The highest BCUT2D eigenvalue weighted by atomic mass is 16.5. The molecule has 3 N–H and O–H groups in total. The first-order chi connectivity index (χ1) is 8.49. The summed E-state index contributed by atoms with van der Waals surface area (Å²) in [4.78, 5) is 24.2. The predicted molar refractivity (Wildman–Crippen MR) is 63.2 cm³/mol. The second-order valence-corrected chi connectivity index (χ2v) is 4.45. The van der Waals surface area contributed by atoms with Crippen LogP contribution in [0.2, 0.25) is 0 Å². The number of piperidine rings is 1. The fourth-order valence-corrected chi connectivity index (χ4v) is 2.06. The van der Waals surface area contributed by atoms with Gasteiger partial charge in [-0.1, -0.05) is 0 Å². The van der Waals surface area contributed by atoms with E-state index in [1.807, 2.05) is 6.92 Å². The predicted octanol–water partition coefficient (Wildman–Crippen LogP) is -0.359. The summed E-state index contributed by atoms with van der Waals surface area (Å²) in [6.07, 6.45) is 1.59. The number of rotatable bonds is 4. The standard InChI is InChI=1S/C11H20N2O5/c1-7-5-8(18-2)3-4-13(7)11(17)12-9(6-14)10(15)16/h7-9,14H,3-6H2,1-2H3,(H,12,17)(H,15,16)/t7?,8?,9-/m0/s1. The Bertz CT molecular complexity index is 310. The molecule has 2 unspecified atom stereocenters. The van der Waals surface area contributed by atoms with E-state index in [2.05, 4.69) is 5.32 Å². The number of likely N-dealkylation sites (tertiary alicyclic amines) is 1. The molecule has 1 rings (SSSR count). The molecule has 18 heavy (non-hydrogen) atoms. The maximum Gasteiger partial charge on any atom is 0.328 e. The second kappa shape index (κ2) is 6.55. The van der Waals surface area contributed by atoms with Gasteiger partial charge < -0.3 is 25.2 Å². The molecule has 0 bridgehead atoms. The third-order valence-electron chi connectivity index (χ3n) is 3.20. The fourth-order valence-electron chi connectivity index (χ4n) is 2.06. The molecular weight excluding hydrogens is 240 g/mol. The zero-order chi connectivity index (χ0) is 13.7. The molecule has 1 heterocycles. The molecule has 2 amide bonds. The lowest BCUT2D eigenvalue weighted by molar-refractivity contribution is -0.140. The molecule has 0 aromatic heterocycles. The molecule has 1 aliphatic rings. The molecule has 3 atom stereocenters. The smallest absolute Gasteiger partial charge is 0.328 e. The Morgan fingerprint density at radius 3 is 2.67 bits per heavy atom. The van der Waals surface area contributed by atoms with Crippen LogP contribution in [0.1, 0.15) is 19.8 Å². The van der Waals surface area contributed by atoms with E-state index in [9.17, 15) is 9.59 Å². The van der Waals surface area contributed by atoms with Gasteiger partial charge >= 0.3 is 12.0 Å². The maximum atomic E-state index is 11.9. The van der Waals surface area contributed by atoms with Crippen LogP contribution in [0.4, 0.5) is 4.79 Å². The van der Waals surface area contributed by atoms with Gasteiger partial charge in [0, 0.05) is 19.7 Å². The largest absolute Gasteiger partial charge is 0.480 e. The average molecular weight is 260 g/mol. The van der Waals surface area contributed by atoms with E-state index < -0.39 is 24.6 Å². The molecule has 7 heteroatoms. The number of carbonyl (C=O) groups is 2. The van der Waals surface area contributed by atoms with E-state index in [4.69, 9.17) is 14.9 Å². The fraction of sp³-hybridized carbons (Fsp3) is 0.818. The number of carboxylic acid groups (broad SMARTS) is 1. The summed E-state index contributed by atoms with van der Waals surface area (Å²) in [7, 11) is 1.64. The van der Waals surface area contributed by atoms with Crippen molar-refractivity contribution in [3.05, 3.63) is 0 Å². The lowest BCUT2D eigenvalue weighted by Gasteiger charge is -2.37. The van der Waals surface area contributed by atoms with E-state index in [0.29, 0.717) is 6.54 Å². The Morgan fingerprint density at radius 1 is 1.56 bits per heavy atom. The monoisotopic (exact) mass is 260 g/mol. The molecule has 0 aromatic carbocycles. The van der Waals surface area contributed by atoms with Crippen molar-refractivity contribution in [3.8, 4) is 0 Å². The number of urea groups is 1. The number of carboxylic acids is 1. The van der Waals surface area contributed by atoms with Gasteiger partial charge in [-0.15, -0.1) is 0 Å². The van der Waals surface area contributed by atoms with Gasteiger partial charge in [0.15, 0.2) is 6.04 Å². The zero-order valence-electron chi connectivity index (χ0n) is 10.6. The third kappa shape index (κ3) is 3.58. The highest BCUT2D eigenvalue weighted by Gasteiger charge is 2.30. The Hall–Kier alpha value is -1.34. The minimum Gasteiger partial charge on any atom is -0.480 e. The molecule has 7 nitrogen and oxygen atoms in total. The first-order valence-corrected chi connectivity index (χ1v) is 5.93. The molecule has 1 fully saturated rings. The average Bonchev–Trinajstić information content (AvgIpc) is 2.34. The van der Waals surface area contributed by atoms with Gasteiger partial charge in [-0.25, -0.2) is 9.59 Å². The third-order valence-corrected chi connectivity index (χ3v) is 3.20. The lowest BCUT2D eigenvalue weighted by Crippen LogP contribution is -2.54. The highest BCUT2D eigenvalue weighted by molar-refractivity contribution is 5.82. The number of aliphatic carboxylic acids is 1. The number of carbonyl (C=O) groups excluding carboxylic acids is 1. The van der Waals surface area contributed by atoms with E-state index in [0.717, 1.165) is 12.8 Å². The van der Waals surface area contributed by atoms with Crippen LogP contribution in [0, 0.1) is 0 Å². The SMILES string of the molecule is COC1CCN(C(=O)N[C@@H](CO)C(=O)O)C(C)C1. The minimum atomic E-state index is -1.26. The molecule has 0 aromatic rings. The van der Waals surface area contributed by atoms with Gasteiger partial charge in [0.1, 0.15) is 0 Å². The van der Waals surface area contributed by atoms with Crippen molar-refractivity contribution in [2.24, 2.45) is 0 Å². The summed E-state index contributed by atoms with van der Waals surface area (Å²) in [5.74, 6) is -1.25. The first kappa shape index (κ1) is 14.7. The zero-order valence-corrected chi connectivity index (χ0v) is 10.6. The Labute approximate surface area is 106 Å². The molecule has 0 spiro atoms. The van der Waals surface area contributed by atoms with Crippen LogP contribution in [-0.4, -0.2) is 65.6 Å². The molecule has 0 aliphatic carbocycles. The lowest BCUT2D eigenvalue weighted by atomic mass is 10.0. The van der Waals surface area contributed by atoms with Gasteiger partial charge in [-0.3, -0.25) is 0 Å². The number of nitrogens with zero attached hydrogens (tertiary/aromatic N) is 1. The van der Waals surface area contributed by atoms with Crippen molar-refractivity contribution in [1.82, 2.24) is 10.2 Å². The van der Waals surface area contributed by atoms with Crippen LogP contribution in [0.5, 0.6) is 0 Å².